The molecule has 0 aliphatic rings. The Labute approximate surface area is 142 Å². The lowest BCUT2D eigenvalue weighted by atomic mass is 10.1. The van der Waals surface area contributed by atoms with Crippen molar-refractivity contribution in [3.8, 4) is 0 Å². The van der Waals surface area contributed by atoms with Gasteiger partial charge in [-0.3, -0.25) is 9.88 Å². The monoisotopic (exact) mass is 350 g/mol. The number of fused-ring (bicyclic) bond motifs is 1. The van der Waals surface area contributed by atoms with Crippen molar-refractivity contribution >= 4 is 28.2 Å². The van der Waals surface area contributed by atoms with Crippen LogP contribution in [0, 0.1) is 14.7 Å². The van der Waals surface area contributed by atoms with E-state index >= 15 is 0 Å². The van der Waals surface area contributed by atoms with Crippen LogP contribution >= 0.6 is 11.6 Å². The van der Waals surface area contributed by atoms with E-state index in [1.807, 2.05) is 0 Å². The first kappa shape index (κ1) is 18.0. The fourth-order valence-electron chi connectivity index (χ4n) is 2.45. The predicted molar refractivity (Wildman–Crippen MR) is 92.0 cm³/mol. The lowest BCUT2D eigenvalue weighted by molar-refractivity contribution is 0.213. The molecule has 1 aromatic heterocycles. The van der Waals surface area contributed by atoms with Crippen LogP contribution in [-0.4, -0.2) is 36.1 Å². The fourth-order valence-corrected chi connectivity index (χ4v) is 2.72. The Morgan fingerprint density at radius 3 is 2.46 bits per heavy atom. The number of rotatable bonds is 9. The molecule has 1 heterocycles. The van der Waals surface area contributed by atoms with E-state index in [-0.39, 0.29) is 31.9 Å². The standard InChI is InChI=1S/C14H15ClN6O3/c15-11-8-10(13(20-24)12-9(11)2-1-3-17-12)14(16)21(6-4-18-22)7-5-19-23/h1-3,8,14H,4-7,16H2. The zero-order valence-electron chi connectivity index (χ0n) is 12.6. The predicted octanol–water partition coefficient (Wildman–Crippen LogP) is 3.08. The van der Waals surface area contributed by atoms with Crippen molar-refractivity contribution in [2.24, 2.45) is 21.3 Å². The number of benzene rings is 1. The van der Waals surface area contributed by atoms with Gasteiger partial charge in [0, 0.05) is 30.2 Å². The van der Waals surface area contributed by atoms with E-state index in [1.165, 1.54) is 6.20 Å². The van der Waals surface area contributed by atoms with Gasteiger partial charge in [0.15, 0.2) is 0 Å². The molecule has 0 aliphatic heterocycles. The Morgan fingerprint density at radius 2 is 1.88 bits per heavy atom. The summed E-state index contributed by atoms with van der Waals surface area (Å²) in [5, 5.41) is 9.59. The summed E-state index contributed by atoms with van der Waals surface area (Å²) in [4.78, 5) is 37.9. The van der Waals surface area contributed by atoms with E-state index in [2.05, 4.69) is 20.5 Å². The molecule has 0 bridgehead atoms. The Bertz CT molecular complexity index is 745. The molecule has 0 saturated carbocycles. The summed E-state index contributed by atoms with van der Waals surface area (Å²) in [6.45, 7) is 0.374. The van der Waals surface area contributed by atoms with Gasteiger partial charge in [0.25, 0.3) is 0 Å². The van der Waals surface area contributed by atoms with Crippen molar-refractivity contribution < 1.29 is 0 Å². The van der Waals surface area contributed by atoms with Gasteiger partial charge in [-0.05, 0) is 23.4 Å². The minimum Gasteiger partial charge on any atom is -0.312 e. The molecular formula is C14H15ClN6O3. The van der Waals surface area contributed by atoms with E-state index in [0.717, 1.165) is 0 Å². The number of halogens is 1. The van der Waals surface area contributed by atoms with Gasteiger partial charge in [-0.1, -0.05) is 22.0 Å². The average Bonchev–Trinajstić information content (AvgIpc) is 2.61. The van der Waals surface area contributed by atoms with Gasteiger partial charge in [-0.2, -0.15) is 9.81 Å². The first-order chi connectivity index (χ1) is 11.6. The van der Waals surface area contributed by atoms with Crippen LogP contribution in [0.3, 0.4) is 0 Å². The van der Waals surface area contributed by atoms with Crippen LogP contribution in [0.5, 0.6) is 0 Å². The zero-order chi connectivity index (χ0) is 17.5. The normalized spacial score (nSPS) is 12.3. The van der Waals surface area contributed by atoms with Crippen LogP contribution in [0.4, 0.5) is 5.69 Å². The van der Waals surface area contributed by atoms with E-state index < -0.39 is 6.17 Å². The molecule has 24 heavy (non-hydrogen) atoms. The van der Waals surface area contributed by atoms with Crippen LogP contribution in [0.15, 0.2) is 39.9 Å². The Hall–Kier alpha value is -2.36. The Kier molecular flexibility index (Phi) is 6.36. The molecule has 9 nitrogen and oxygen atoms in total. The molecule has 1 unspecified atom stereocenters. The number of hydrogen-bond acceptors (Lipinski definition) is 9. The van der Waals surface area contributed by atoms with Crippen LogP contribution in [0.1, 0.15) is 11.7 Å². The molecule has 2 rings (SSSR count). The molecule has 2 N–H and O–H groups in total. The van der Waals surface area contributed by atoms with Gasteiger partial charge in [0.1, 0.15) is 11.2 Å². The second-order valence-electron chi connectivity index (χ2n) is 4.97. The van der Waals surface area contributed by atoms with E-state index in [1.54, 1.807) is 23.1 Å². The van der Waals surface area contributed by atoms with Gasteiger partial charge >= 0.3 is 0 Å². The molecule has 0 radical (unpaired) electrons. The second kappa shape index (κ2) is 8.48. The minimum atomic E-state index is -0.815. The van der Waals surface area contributed by atoms with Gasteiger partial charge in [-0.15, -0.1) is 4.91 Å². The second-order valence-corrected chi connectivity index (χ2v) is 5.38. The summed E-state index contributed by atoms with van der Waals surface area (Å²) in [7, 11) is 0. The van der Waals surface area contributed by atoms with Gasteiger partial charge in [0.05, 0.1) is 24.3 Å². The van der Waals surface area contributed by atoms with Crippen molar-refractivity contribution in [1.82, 2.24) is 9.88 Å². The van der Waals surface area contributed by atoms with Crippen LogP contribution in [0.2, 0.25) is 5.02 Å². The quantitative estimate of drug-likeness (QED) is 0.546. The molecule has 0 fully saturated rings. The highest BCUT2D eigenvalue weighted by atomic mass is 35.5. The van der Waals surface area contributed by atoms with Crippen LogP contribution < -0.4 is 5.73 Å². The number of hydrogen-bond donors (Lipinski definition) is 1. The van der Waals surface area contributed by atoms with Crippen molar-refractivity contribution in [1.29, 1.82) is 0 Å². The maximum absolute atomic E-state index is 11.4. The Balaban J connectivity index is 2.49. The molecule has 0 amide bonds. The SMILES string of the molecule is NC(c1cc(Cl)c2cccnc2c1N=O)N(CCN=O)CCN=O. The van der Waals surface area contributed by atoms with Crippen molar-refractivity contribution in [2.45, 2.75) is 6.17 Å². The van der Waals surface area contributed by atoms with E-state index in [0.29, 0.717) is 21.5 Å². The van der Waals surface area contributed by atoms with Crippen molar-refractivity contribution in [3.05, 3.63) is 49.7 Å². The summed E-state index contributed by atoms with van der Waals surface area (Å²) >= 11 is 6.25. The summed E-state index contributed by atoms with van der Waals surface area (Å²) in [5.74, 6) is 0. The number of nitrogens with two attached hydrogens (primary N) is 1. The lowest BCUT2D eigenvalue weighted by Gasteiger charge is -2.28. The van der Waals surface area contributed by atoms with Crippen molar-refractivity contribution in [2.75, 3.05) is 26.2 Å². The van der Waals surface area contributed by atoms with Crippen LogP contribution in [0.25, 0.3) is 10.9 Å². The molecule has 1 aromatic carbocycles. The third-order valence-electron chi connectivity index (χ3n) is 3.61. The summed E-state index contributed by atoms with van der Waals surface area (Å²) < 4.78 is 0. The largest absolute Gasteiger partial charge is 0.312 e. The Morgan fingerprint density at radius 1 is 1.21 bits per heavy atom. The first-order valence-corrected chi connectivity index (χ1v) is 7.50. The number of nitrogens with zero attached hydrogens (tertiary/aromatic N) is 5. The third kappa shape index (κ3) is 3.75. The molecule has 1 atom stereocenters. The lowest BCUT2D eigenvalue weighted by Crippen LogP contribution is -2.38. The molecular weight excluding hydrogens is 336 g/mol. The topological polar surface area (TPSA) is 130 Å². The van der Waals surface area contributed by atoms with E-state index in [9.17, 15) is 14.7 Å². The van der Waals surface area contributed by atoms with Gasteiger partial charge in [-0.25, -0.2) is 0 Å². The molecule has 0 saturated heterocycles. The molecule has 126 valence electrons. The zero-order valence-corrected chi connectivity index (χ0v) is 13.4. The van der Waals surface area contributed by atoms with Crippen LogP contribution in [-0.2, 0) is 0 Å². The number of aromatic nitrogens is 1. The van der Waals surface area contributed by atoms with Gasteiger partial charge in [0.2, 0.25) is 0 Å². The third-order valence-corrected chi connectivity index (χ3v) is 3.92. The highest BCUT2D eigenvalue weighted by molar-refractivity contribution is 6.36. The minimum absolute atomic E-state index is 0.0179. The molecule has 0 spiro atoms. The fraction of sp³-hybridized carbons (Fsp3) is 0.357. The maximum Gasteiger partial charge on any atom is 0.140 e. The number of pyridine rings is 1. The molecule has 10 heteroatoms. The summed E-state index contributed by atoms with van der Waals surface area (Å²) in [5.41, 5.74) is 6.98. The molecule has 2 aromatic rings. The summed E-state index contributed by atoms with van der Waals surface area (Å²) in [6, 6.07) is 4.96. The van der Waals surface area contributed by atoms with Gasteiger partial charge < -0.3 is 5.73 Å². The maximum atomic E-state index is 11.4. The smallest absolute Gasteiger partial charge is 0.140 e. The first-order valence-electron chi connectivity index (χ1n) is 7.12. The van der Waals surface area contributed by atoms with E-state index in [4.69, 9.17) is 17.3 Å². The highest BCUT2D eigenvalue weighted by Gasteiger charge is 2.23. The molecule has 0 aliphatic carbocycles. The summed E-state index contributed by atoms with van der Waals surface area (Å²) in [6.07, 6.45) is 0.706. The average molecular weight is 351 g/mol. The van der Waals surface area contributed by atoms with Crippen molar-refractivity contribution in [3.63, 3.8) is 0 Å². The number of nitroso groups, excluding NO2 is 3. The highest BCUT2D eigenvalue weighted by Crippen LogP contribution is 2.37.